The van der Waals surface area contributed by atoms with Gasteiger partial charge in [-0.15, -0.1) is 0 Å². The van der Waals surface area contributed by atoms with Crippen molar-refractivity contribution in [3.63, 3.8) is 0 Å². The standard InChI is InChI=1S/C32H32N4O3.C2HF3O2/c1-36-15-13-23(14-16-36)39-22-7-3-20(4-8-22)5-11-28-25-10-6-21(17-30(25)35-34-28)27-19-32(27)26-18-24(38-2)9-12-29(26)33-31(32)37;3-2(4,5)1(6)7/h3-12,17-18,23,27H,13-16,19H2,1-2H3,(H,33,37)(H,34,35);(H,6,7)/b11-5+;/t27-,32-;/m0./s1. The number of H-pyrrole nitrogens is 1. The topological polar surface area (TPSA) is 117 Å². The lowest BCUT2D eigenvalue weighted by Gasteiger charge is -2.29. The maximum Gasteiger partial charge on any atom is 0.490 e. The molecular formula is C34H33F3N4O5. The molecule has 240 valence electrons. The number of nitrogens with zero attached hydrogens (tertiary/aromatic N) is 2. The molecule has 9 nitrogen and oxygen atoms in total. The summed E-state index contributed by atoms with van der Waals surface area (Å²) < 4.78 is 43.3. The molecule has 0 bridgehead atoms. The van der Waals surface area contributed by atoms with E-state index in [2.05, 4.69) is 63.9 Å². The fraction of sp³-hybridized carbons (Fsp3) is 0.324. The van der Waals surface area contributed by atoms with E-state index in [9.17, 15) is 18.0 Å². The Morgan fingerprint density at radius 3 is 2.41 bits per heavy atom. The Hall–Kier alpha value is -4.84. The fourth-order valence-corrected chi connectivity index (χ4v) is 6.23. The first kappa shape index (κ1) is 31.2. The van der Waals surface area contributed by atoms with Gasteiger partial charge in [0.2, 0.25) is 5.91 Å². The number of hydrogen-bond donors (Lipinski definition) is 3. The number of alkyl halides is 3. The van der Waals surface area contributed by atoms with E-state index in [1.807, 2.05) is 36.4 Å². The summed E-state index contributed by atoms with van der Waals surface area (Å²) in [5.41, 5.74) is 5.52. The zero-order valence-electron chi connectivity index (χ0n) is 25.2. The monoisotopic (exact) mass is 634 g/mol. The molecule has 7 rings (SSSR count). The van der Waals surface area contributed by atoms with Gasteiger partial charge in [0.05, 0.1) is 23.7 Å². The molecule has 1 spiro atoms. The van der Waals surface area contributed by atoms with E-state index >= 15 is 0 Å². The lowest BCUT2D eigenvalue weighted by Crippen LogP contribution is -2.35. The lowest BCUT2D eigenvalue weighted by molar-refractivity contribution is -0.192. The second kappa shape index (κ2) is 12.2. The average molecular weight is 635 g/mol. The Kier molecular flexibility index (Phi) is 8.24. The van der Waals surface area contributed by atoms with Crippen LogP contribution in [0, 0.1) is 0 Å². The third kappa shape index (κ3) is 6.17. The number of benzene rings is 3. The van der Waals surface area contributed by atoms with Crippen LogP contribution in [0.25, 0.3) is 23.1 Å². The Bertz CT molecular complexity index is 1790. The van der Waals surface area contributed by atoms with Crippen LogP contribution in [-0.4, -0.2) is 71.6 Å². The number of rotatable bonds is 6. The number of fused-ring (bicyclic) bond motifs is 3. The number of amides is 1. The van der Waals surface area contributed by atoms with Crippen LogP contribution in [0.5, 0.6) is 11.5 Å². The first-order valence-electron chi connectivity index (χ1n) is 14.9. The van der Waals surface area contributed by atoms with Gasteiger partial charge in [0.1, 0.15) is 17.6 Å². The van der Waals surface area contributed by atoms with Crippen LogP contribution < -0.4 is 14.8 Å². The number of aliphatic carboxylic acids is 1. The van der Waals surface area contributed by atoms with Crippen molar-refractivity contribution in [2.75, 3.05) is 32.6 Å². The largest absolute Gasteiger partial charge is 0.497 e. The lowest BCUT2D eigenvalue weighted by atomic mass is 9.91. The zero-order valence-corrected chi connectivity index (χ0v) is 25.2. The van der Waals surface area contributed by atoms with Gasteiger partial charge in [0.25, 0.3) is 0 Å². The summed E-state index contributed by atoms with van der Waals surface area (Å²) in [4.78, 5) is 24.3. The molecule has 2 atom stereocenters. The summed E-state index contributed by atoms with van der Waals surface area (Å²) in [7, 11) is 3.82. The van der Waals surface area contributed by atoms with Crippen molar-refractivity contribution in [1.82, 2.24) is 15.1 Å². The fourth-order valence-electron chi connectivity index (χ4n) is 6.23. The predicted octanol–water partition coefficient (Wildman–Crippen LogP) is 6.23. The van der Waals surface area contributed by atoms with Gasteiger partial charge < -0.3 is 24.8 Å². The molecule has 3 aromatic carbocycles. The maximum absolute atomic E-state index is 13.0. The molecule has 1 aromatic heterocycles. The molecule has 12 heteroatoms. The Balaban J connectivity index is 0.000000480. The SMILES string of the molecule is COc1ccc2c(c1)[C@]1(C[C@H]1c1ccc3c(/C=C/c4ccc(OC5CCN(C)CC5)cc4)n[nH]c3c1)C(=O)N2.O=C(O)C(F)(F)F. The summed E-state index contributed by atoms with van der Waals surface area (Å²) in [5.74, 6) is -0.850. The minimum Gasteiger partial charge on any atom is -0.497 e. The van der Waals surface area contributed by atoms with E-state index in [-0.39, 0.29) is 11.8 Å². The molecule has 0 radical (unpaired) electrons. The molecule has 2 aliphatic heterocycles. The van der Waals surface area contributed by atoms with E-state index in [1.165, 1.54) is 0 Å². The van der Waals surface area contributed by atoms with Crippen LogP contribution in [-0.2, 0) is 15.0 Å². The highest BCUT2D eigenvalue weighted by molar-refractivity contribution is 6.10. The molecule has 3 N–H and O–H groups in total. The van der Waals surface area contributed by atoms with Crippen molar-refractivity contribution in [3.8, 4) is 11.5 Å². The molecule has 1 saturated heterocycles. The zero-order chi connectivity index (χ0) is 32.6. The van der Waals surface area contributed by atoms with Crippen molar-refractivity contribution in [3.05, 3.63) is 83.0 Å². The summed E-state index contributed by atoms with van der Waals surface area (Å²) >= 11 is 0. The molecule has 1 aliphatic carbocycles. The van der Waals surface area contributed by atoms with E-state index in [4.69, 9.17) is 19.4 Å². The number of carbonyl (C=O) groups excluding carboxylic acids is 1. The molecule has 46 heavy (non-hydrogen) atoms. The van der Waals surface area contributed by atoms with Gasteiger partial charge >= 0.3 is 12.1 Å². The molecule has 1 amide bonds. The molecule has 1 saturated carbocycles. The van der Waals surface area contributed by atoms with Crippen LogP contribution >= 0.6 is 0 Å². The highest BCUT2D eigenvalue weighted by Crippen LogP contribution is 2.65. The minimum atomic E-state index is -5.08. The summed E-state index contributed by atoms with van der Waals surface area (Å²) in [6.45, 7) is 2.18. The highest BCUT2D eigenvalue weighted by atomic mass is 19.4. The predicted molar refractivity (Wildman–Crippen MR) is 167 cm³/mol. The van der Waals surface area contributed by atoms with Gasteiger partial charge in [0, 0.05) is 30.1 Å². The average Bonchev–Trinajstić information content (AvgIpc) is 3.58. The number of piperidine rings is 1. The van der Waals surface area contributed by atoms with E-state index in [0.29, 0.717) is 6.10 Å². The second-order valence-electron chi connectivity index (χ2n) is 11.8. The second-order valence-corrected chi connectivity index (χ2v) is 11.8. The number of carbonyl (C=O) groups is 2. The van der Waals surface area contributed by atoms with Gasteiger partial charge in [-0.2, -0.15) is 18.3 Å². The van der Waals surface area contributed by atoms with Gasteiger partial charge in [-0.3, -0.25) is 9.89 Å². The molecule has 0 unspecified atom stereocenters. The number of carboxylic acids is 1. The first-order chi connectivity index (χ1) is 22.0. The quantitative estimate of drug-likeness (QED) is 0.230. The van der Waals surface area contributed by atoms with Crippen LogP contribution in [0.2, 0.25) is 0 Å². The molecule has 2 fully saturated rings. The normalized spacial score (nSPS) is 21.2. The van der Waals surface area contributed by atoms with E-state index < -0.39 is 17.6 Å². The van der Waals surface area contributed by atoms with Crippen LogP contribution in [0.3, 0.4) is 0 Å². The summed E-state index contributed by atoms with van der Waals surface area (Å²) in [5, 5.41) is 19.0. The first-order valence-corrected chi connectivity index (χ1v) is 14.9. The Labute approximate surface area is 263 Å². The molecular weight excluding hydrogens is 601 g/mol. The van der Waals surface area contributed by atoms with Gasteiger partial charge in [-0.05, 0) is 85.5 Å². The van der Waals surface area contributed by atoms with Crippen LogP contribution in [0.15, 0.2) is 60.7 Å². The molecule has 3 aliphatic rings. The highest BCUT2D eigenvalue weighted by Gasteiger charge is 2.65. The van der Waals surface area contributed by atoms with Crippen molar-refractivity contribution >= 4 is 40.6 Å². The number of aromatic amines is 1. The van der Waals surface area contributed by atoms with Crippen LogP contribution in [0.1, 0.15) is 47.6 Å². The number of ether oxygens (including phenoxy) is 2. The van der Waals surface area contributed by atoms with Crippen molar-refractivity contribution in [2.24, 2.45) is 0 Å². The number of carboxylic acid groups (broad SMARTS) is 1. The van der Waals surface area contributed by atoms with E-state index in [1.54, 1.807) is 7.11 Å². The Morgan fingerprint density at radius 1 is 1.04 bits per heavy atom. The van der Waals surface area contributed by atoms with Crippen molar-refractivity contribution in [1.29, 1.82) is 0 Å². The number of methoxy groups -OCH3 is 1. The molecule has 4 aromatic rings. The van der Waals surface area contributed by atoms with E-state index in [0.717, 1.165) is 82.8 Å². The van der Waals surface area contributed by atoms with Crippen molar-refractivity contribution in [2.45, 2.75) is 42.9 Å². The van der Waals surface area contributed by atoms with Gasteiger partial charge in [-0.25, -0.2) is 4.79 Å². The number of nitrogens with one attached hydrogen (secondary N) is 2. The smallest absolute Gasteiger partial charge is 0.490 e. The van der Waals surface area contributed by atoms with Gasteiger partial charge in [-0.1, -0.05) is 30.3 Å². The molecule has 3 heterocycles. The minimum absolute atomic E-state index is 0.0758. The summed E-state index contributed by atoms with van der Waals surface area (Å²) in [6.07, 6.45) is 2.27. The Morgan fingerprint density at radius 2 is 1.74 bits per heavy atom. The number of hydrogen-bond acceptors (Lipinski definition) is 6. The number of anilines is 1. The number of likely N-dealkylation sites (tertiary alicyclic amines) is 1. The number of aromatic nitrogens is 2. The maximum atomic E-state index is 13.0. The third-order valence-electron chi connectivity index (χ3n) is 8.86. The third-order valence-corrected chi connectivity index (χ3v) is 8.86. The number of halogens is 3. The van der Waals surface area contributed by atoms with Crippen molar-refractivity contribution < 1.29 is 37.3 Å². The van der Waals surface area contributed by atoms with Gasteiger partial charge in [0.15, 0.2) is 0 Å². The summed E-state index contributed by atoms with van der Waals surface area (Å²) in [6, 6.07) is 20.5. The van der Waals surface area contributed by atoms with Crippen LogP contribution in [0.4, 0.5) is 18.9 Å².